The average molecular weight is 429 g/mol. The van der Waals surface area contributed by atoms with Crippen molar-refractivity contribution >= 4 is 46.4 Å². The fraction of sp³-hybridized carbons (Fsp3) is 0.188. The van der Waals surface area contributed by atoms with Gasteiger partial charge in [0, 0.05) is 11.4 Å². The van der Waals surface area contributed by atoms with Crippen molar-refractivity contribution in [2.45, 2.75) is 19.0 Å². The number of hydrogen-bond donors (Lipinski definition) is 0. The number of nitriles is 1. The van der Waals surface area contributed by atoms with Crippen molar-refractivity contribution in [3.8, 4) is 17.6 Å². The second-order valence-corrected chi connectivity index (χ2v) is 6.44. The molecule has 132 valence electrons. The van der Waals surface area contributed by atoms with Crippen LogP contribution < -0.4 is 4.74 Å². The molecule has 0 saturated carbocycles. The van der Waals surface area contributed by atoms with E-state index in [1.54, 1.807) is 6.07 Å². The van der Waals surface area contributed by atoms with E-state index in [0.717, 1.165) is 0 Å². The Labute approximate surface area is 161 Å². The molecule has 0 unspecified atom stereocenters. The number of benzene rings is 2. The SMILES string of the molecule is N#CCCc1cc(Oc2c(Cl)cc(C(F)(F)F)c(Cl)c2Cl)ccc1Cl. The van der Waals surface area contributed by atoms with Gasteiger partial charge < -0.3 is 4.74 Å². The second-order valence-electron chi connectivity index (χ2n) is 4.87. The van der Waals surface area contributed by atoms with Crippen LogP contribution in [0.15, 0.2) is 24.3 Å². The van der Waals surface area contributed by atoms with E-state index in [0.29, 0.717) is 23.1 Å². The van der Waals surface area contributed by atoms with E-state index in [2.05, 4.69) is 0 Å². The minimum absolute atomic E-state index is 0.199. The minimum atomic E-state index is -4.70. The van der Waals surface area contributed by atoms with Crippen molar-refractivity contribution in [2.24, 2.45) is 0 Å². The summed E-state index contributed by atoms with van der Waals surface area (Å²) in [7, 11) is 0. The monoisotopic (exact) mass is 427 g/mol. The van der Waals surface area contributed by atoms with Crippen LogP contribution in [0.25, 0.3) is 0 Å². The molecule has 0 spiro atoms. The highest BCUT2D eigenvalue weighted by atomic mass is 35.5. The lowest BCUT2D eigenvalue weighted by atomic mass is 10.1. The van der Waals surface area contributed by atoms with E-state index in [-0.39, 0.29) is 22.9 Å². The van der Waals surface area contributed by atoms with Gasteiger partial charge in [0.05, 0.1) is 21.7 Å². The van der Waals surface area contributed by atoms with E-state index < -0.39 is 21.8 Å². The van der Waals surface area contributed by atoms with Gasteiger partial charge in [-0.3, -0.25) is 0 Å². The highest BCUT2D eigenvalue weighted by Gasteiger charge is 2.36. The number of alkyl halides is 3. The van der Waals surface area contributed by atoms with Crippen LogP contribution in [0.2, 0.25) is 20.1 Å². The number of rotatable bonds is 4. The normalized spacial score (nSPS) is 11.3. The van der Waals surface area contributed by atoms with E-state index in [9.17, 15) is 13.2 Å². The van der Waals surface area contributed by atoms with Gasteiger partial charge >= 0.3 is 6.18 Å². The van der Waals surface area contributed by atoms with Crippen molar-refractivity contribution in [1.29, 1.82) is 5.26 Å². The molecule has 2 rings (SSSR count). The first-order chi connectivity index (χ1) is 11.6. The summed E-state index contributed by atoms with van der Waals surface area (Å²) in [6.45, 7) is 0. The fourth-order valence-corrected chi connectivity index (χ4v) is 2.99. The first-order valence-electron chi connectivity index (χ1n) is 6.73. The Balaban J connectivity index is 2.42. The maximum atomic E-state index is 12.9. The first-order valence-corrected chi connectivity index (χ1v) is 8.24. The summed E-state index contributed by atoms with van der Waals surface area (Å²) in [4.78, 5) is 0. The third kappa shape index (κ3) is 4.65. The summed E-state index contributed by atoms with van der Waals surface area (Å²) in [5, 5.41) is 7.60. The standard InChI is InChI=1S/C16H8Cl4F3NO/c17-11-4-3-9(6-8(11)2-1-5-24)25-15-12(18)7-10(16(21,22)23)13(19)14(15)20/h3-4,6-7H,1-2H2. The number of hydrogen-bond acceptors (Lipinski definition) is 2. The molecule has 0 bridgehead atoms. The number of aryl methyl sites for hydroxylation is 1. The smallest absolute Gasteiger partial charge is 0.417 e. The highest BCUT2D eigenvalue weighted by molar-refractivity contribution is 6.45. The number of ether oxygens (including phenoxy) is 1. The topological polar surface area (TPSA) is 33.0 Å². The van der Waals surface area contributed by atoms with Crippen LogP contribution >= 0.6 is 46.4 Å². The van der Waals surface area contributed by atoms with Crippen LogP contribution in [0.1, 0.15) is 17.5 Å². The molecule has 0 radical (unpaired) electrons. The molecule has 0 atom stereocenters. The van der Waals surface area contributed by atoms with E-state index in [1.807, 2.05) is 6.07 Å². The zero-order valence-corrected chi connectivity index (χ0v) is 15.2. The van der Waals surface area contributed by atoms with Crippen molar-refractivity contribution < 1.29 is 17.9 Å². The zero-order valence-electron chi connectivity index (χ0n) is 12.2. The van der Waals surface area contributed by atoms with Gasteiger partial charge in [0.15, 0.2) is 5.75 Å². The molecule has 0 aromatic heterocycles. The minimum Gasteiger partial charge on any atom is -0.454 e. The Morgan fingerprint density at radius 1 is 1.00 bits per heavy atom. The van der Waals surface area contributed by atoms with Gasteiger partial charge in [-0.25, -0.2) is 0 Å². The van der Waals surface area contributed by atoms with Crippen LogP contribution in [0, 0.1) is 11.3 Å². The van der Waals surface area contributed by atoms with Crippen LogP contribution in [0.5, 0.6) is 11.5 Å². The average Bonchev–Trinajstić information content (AvgIpc) is 2.54. The highest BCUT2D eigenvalue weighted by Crippen LogP contribution is 2.47. The Morgan fingerprint density at radius 3 is 2.28 bits per heavy atom. The Hall–Kier alpha value is -1.32. The van der Waals surface area contributed by atoms with Crippen LogP contribution in [-0.4, -0.2) is 0 Å². The molecule has 2 nitrogen and oxygen atoms in total. The molecule has 9 heteroatoms. The molecule has 0 aliphatic carbocycles. The quantitative estimate of drug-likeness (QED) is 0.470. The lowest BCUT2D eigenvalue weighted by Gasteiger charge is -2.16. The van der Waals surface area contributed by atoms with Gasteiger partial charge in [0.1, 0.15) is 10.8 Å². The molecular weight excluding hydrogens is 421 g/mol. The predicted octanol–water partition coefficient (Wildman–Crippen LogP) is 7.57. The lowest BCUT2D eigenvalue weighted by Crippen LogP contribution is -2.06. The molecule has 0 aliphatic rings. The molecule has 25 heavy (non-hydrogen) atoms. The molecular formula is C16H8Cl4F3NO. The van der Waals surface area contributed by atoms with Crippen LogP contribution in [-0.2, 0) is 12.6 Å². The summed E-state index contributed by atoms with van der Waals surface area (Å²) < 4.78 is 44.2. The Bertz CT molecular complexity index is 847. The maximum absolute atomic E-state index is 12.9. The molecule has 2 aromatic carbocycles. The number of halogens is 7. The lowest BCUT2D eigenvalue weighted by molar-refractivity contribution is -0.137. The largest absolute Gasteiger partial charge is 0.454 e. The summed E-state index contributed by atoms with van der Waals surface area (Å²) in [5.41, 5.74) is -0.506. The molecule has 0 heterocycles. The van der Waals surface area contributed by atoms with Crippen molar-refractivity contribution in [3.05, 3.63) is 55.5 Å². The summed E-state index contributed by atoms with van der Waals surface area (Å²) in [6.07, 6.45) is -4.06. The second kappa shape index (κ2) is 7.92. The molecule has 0 saturated heterocycles. The van der Waals surface area contributed by atoms with Gasteiger partial charge in [0.2, 0.25) is 0 Å². The molecule has 0 N–H and O–H groups in total. The summed E-state index contributed by atoms with van der Waals surface area (Å²) in [6, 6.07) is 7.23. The number of nitrogens with zero attached hydrogens (tertiary/aromatic N) is 1. The summed E-state index contributed by atoms with van der Waals surface area (Å²) >= 11 is 23.5. The molecule has 0 amide bonds. The van der Waals surface area contributed by atoms with Crippen LogP contribution in [0.3, 0.4) is 0 Å². The van der Waals surface area contributed by atoms with Crippen LogP contribution in [0.4, 0.5) is 13.2 Å². The zero-order chi connectivity index (χ0) is 18.8. The van der Waals surface area contributed by atoms with Crippen molar-refractivity contribution in [1.82, 2.24) is 0 Å². The van der Waals surface area contributed by atoms with Gasteiger partial charge in [-0.05, 0) is 36.2 Å². The van der Waals surface area contributed by atoms with Gasteiger partial charge in [0.25, 0.3) is 0 Å². The Morgan fingerprint density at radius 2 is 1.68 bits per heavy atom. The van der Waals surface area contributed by atoms with Gasteiger partial charge in [-0.1, -0.05) is 46.4 Å². The molecule has 0 aliphatic heterocycles. The maximum Gasteiger partial charge on any atom is 0.417 e. The fourth-order valence-electron chi connectivity index (χ4n) is 1.99. The third-order valence-corrected chi connectivity index (χ3v) is 4.66. The molecule has 2 aromatic rings. The first kappa shape index (κ1) is 20.0. The van der Waals surface area contributed by atoms with E-state index in [4.69, 9.17) is 56.4 Å². The summed E-state index contributed by atoms with van der Waals surface area (Å²) in [5.74, 6) is 0.0480. The van der Waals surface area contributed by atoms with E-state index >= 15 is 0 Å². The third-order valence-electron chi connectivity index (χ3n) is 3.17. The van der Waals surface area contributed by atoms with Gasteiger partial charge in [-0.15, -0.1) is 0 Å². The predicted molar refractivity (Wildman–Crippen MR) is 91.9 cm³/mol. The van der Waals surface area contributed by atoms with Gasteiger partial charge in [-0.2, -0.15) is 18.4 Å². The Kier molecular flexibility index (Phi) is 6.34. The molecule has 0 fully saturated rings. The van der Waals surface area contributed by atoms with Crippen molar-refractivity contribution in [3.63, 3.8) is 0 Å². The van der Waals surface area contributed by atoms with E-state index in [1.165, 1.54) is 12.1 Å². The van der Waals surface area contributed by atoms with Crippen molar-refractivity contribution in [2.75, 3.05) is 0 Å².